The molecule has 1 heterocycles. The zero-order chi connectivity index (χ0) is 21.0. The molecule has 148 valence electrons. The van der Waals surface area contributed by atoms with Crippen molar-refractivity contribution in [3.63, 3.8) is 0 Å². The first kappa shape index (κ1) is 20.3. The summed E-state index contributed by atoms with van der Waals surface area (Å²) in [6.07, 6.45) is 0. The Kier molecular flexibility index (Phi) is 6.09. The van der Waals surface area contributed by atoms with Gasteiger partial charge in [-0.05, 0) is 42.7 Å². The molecule has 0 fully saturated rings. The van der Waals surface area contributed by atoms with Crippen LogP contribution in [0.3, 0.4) is 0 Å². The number of primary amides is 1. The van der Waals surface area contributed by atoms with Crippen molar-refractivity contribution in [2.24, 2.45) is 5.73 Å². The highest BCUT2D eigenvalue weighted by molar-refractivity contribution is 7.18. The highest BCUT2D eigenvalue weighted by Gasteiger charge is 2.25. The van der Waals surface area contributed by atoms with E-state index in [1.807, 2.05) is 42.5 Å². The van der Waals surface area contributed by atoms with Gasteiger partial charge in [-0.3, -0.25) is 9.59 Å². The van der Waals surface area contributed by atoms with E-state index in [1.54, 1.807) is 26.0 Å². The SMILES string of the molecule is CCOC(=O)c1c(NC(=O)c2ccc(-c3ccccc3)cc2)sc(C(N)=O)c1C. The lowest BCUT2D eigenvalue weighted by Gasteiger charge is -2.08. The lowest BCUT2D eigenvalue weighted by atomic mass is 10.0. The van der Waals surface area contributed by atoms with Crippen LogP contribution in [-0.2, 0) is 4.74 Å². The van der Waals surface area contributed by atoms with E-state index < -0.39 is 17.8 Å². The van der Waals surface area contributed by atoms with E-state index in [2.05, 4.69) is 5.32 Å². The molecule has 0 radical (unpaired) electrons. The van der Waals surface area contributed by atoms with E-state index in [1.165, 1.54) is 0 Å². The number of nitrogens with one attached hydrogen (secondary N) is 1. The summed E-state index contributed by atoms with van der Waals surface area (Å²) in [5, 5.41) is 2.95. The van der Waals surface area contributed by atoms with Crippen molar-refractivity contribution in [1.29, 1.82) is 0 Å². The fourth-order valence-electron chi connectivity index (χ4n) is 2.91. The Balaban J connectivity index is 1.87. The lowest BCUT2D eigenvalue weighted by Crippen LogP contribution is -2.15. The van der Waals surface area contributed by atoms with Crippen LogP contribution >= 0.6 is 11.3 Å². The second kappa shape index (κ2) is 8.70. The Bertz CT molecular complexity index is 1060. The summed E-state index contributed by atoms with van der Waals surface area (Å²) in [6.45, 7) is 3.46. The van der Waals surface area contributed by atoms with Gasteiger partial charge >= 0.3 is 5.97 Å². The van der Waals surface area contributed by atoms with Gasteiger partial charge in [-0.2, -0.15) is 0 Å². The number of carbonyl (C=O) groups excluding carboxylic acids is 3. The van der Waals surface area contributed by atoms with Crippen LogP contribution < -0.4 is 11.1 Å². The van der Waals surface area contributed by atoms with Crippen molar-refractivity contribution in [2.75, 3.05) is 11.9 Å². The molecule has 6 nitrogen and oxygen atoms in total. The van der Waals surface area contributed by atoms with Gasteiger partial charge in [-0.15, -0.1) is 11.3 Å². The lowest BCUT2D eigenvalue weighted by molar-refractivity contribution is 0.0527. The molecule has 0 atom stereocenters. The van der Waals surface area contributed by atoms with E-state index in [0.717, 1.165) is 22.5 Å². The first-order chi connectivity index (χ1) is 13.9. The Morgan fingerprint density at radius 3 is 2.21 bits per heavy atom. The van der Waals surface area contributed by atoms with Crippen molar-refractivity contribution < 1.29 is 19.1 Å². The number of benzene rings is 2. The van der Waals surface area contributed by atoms with Crippen molar-refractivity contribution in [2.45, 2.75) is 13.8 Å². The molecule has 0 saturated carbocycles. The Hall–Kier alpha value is -3.45. The highest BCUT2D eigenvalue weighted by Crippen LogP contribution is 2.34. The Morgan fingerprint density at radius 2 is 1.62 bits per heavy atom. The average molecular weight is 408 g/mol. The van der Waals surface area contributed by atoms with Gasteiger partial charge in [-0.1, -0.05) is 42.5 Å². The van der Waals surface area contributed by atoms with E-state index in [9.17, 15) is 14.4 Å². The van der Waals surface area contributed by atoms with E-state index >= 15 is 0 Å². The van der Waals surface area contributed by atoms with E-state index in [0.29, 0.717) is 11.1 Å². The molecule has 3 N–H and O–H groups in total. The van der Waals surface area contributed by atoms with Crippen LogP contribution in [0.1, 0.15) is 42.9 Å². The molecule has 2 amide bonds. The molecular weight excluding hydrogens is 388 g/mol. The van der Waals surface area contributed by atoms with Gasteiger partial charge in [0.1, 0.15) is 5.00 Å². The van der Waals surface area contributed by atoms with Crippen molar-refractivity contribution in [1.82, 2.24) is 0 Å². The van der Waals surface area contributed by atoms with Gasteiger partial charge in [0.15, 0.2) is 0 Å². The summed E-state index contributed by atoms with van der Waals surface area (Å²) in [5.74, 6) is -1.67. The standard InChI is InChI=1S/C22H20N2O4S/c1-3-28-22(27)17-13(2)18(19(23)25)29-21(17)24-20(26)16-11-9-15(10-12-16)14-7-5-4-6-8-14/h4-12H,3H2,1-2H3,(H2,23,25)(H,24,26). The van der Waals surface area contributed by atoms with Crippen molar-refractivity contribution in [3.8, 4) is 11.1 Å². The number of thiophene rings is 1. The largest absolute Gasteiger partial charge is 0.462 e. The fourth-order valence-corrected chi connectivity index (χ4v) is 3.95. The number of ether oxygens (including phenoxy) is 1. The quantitative estimate of drug-likeness (QED) is 0.596. The first-order valence-electron chi connectivity index (χ1n) is 8.99. The Labute approximate surface area is 172 Å². The van der Waals surface area contributed by atoms with Crippen molar-refractivity contribution in [3.05, 3.63) is 76.2 Å². The molecule has 0 aliphatic heterocycles. The number of hydrogen-bond acceptors (Lipinski definition) is 5. The molecule has 0 spiro atoms. The second-order valence-corrected chi connectivity index (χ2v) is 7.26. The summed E-state index contributed by atoms with van der Waals surface area (Å²) < 4.78 is 5.06. The molecule has 1 aromatic heterocycles. The van der Waals surface area contributed by atoms with Gasteiger partial charge in [0, 0.05) is 5.56 Å². The number of carbonyl (C=O) groups is 3. The zero-order valence-electron chi connectivity index (χ0n) is 16.0. The minimum absolute atomic E-state index is 0.153. The molecule has 7 heteroatoms. The van der Waals surface area contributed by atoms with Gasteiger partial charge in [0.05, 0.1) is 17.0 Å². The molecule has 0 aliphatic rings. The molecule has 3 aromatic rings. The number of nitrogens with two attached hydrogens (primary N) is 1. The first-order valence-corrected chi connectivity index (χ1v) is 9.81. The van der Waals surface area contributed by atoms with Gasteiger partial charge in [0.2, 0.25) is 0 Å². The third kappa shape index (κ3) is 4.35. The molecule has 29 heavy (non-hydrogen) atoms. The topological polar surface area (TPSA) is 98.5 Å². The number of esters is 1. The second-order valence-electron chi connectivity index (χ2n) is 6.24. The predicted molar refractivity (Wildman–Crippen MR) is 113 cm³/mol. The number of rotatable bonds is 6. The van der Waals surface area contributed by atoms with Crippen LogP contribution in [0.5, 0.6) is 0 Å². The van der Waals surface area contributed by atoms with E-state index in [4.69, 9.17) is 10.5 Å². The van der Waals surface area contributed by atoms with Gasteiger partial charge in [-0.25, -0.2) is 4.79 Å². The zero-order valence-corrected chi connectivity index (χ0v) is 16.8. The fraction of sp³-hybridized carbons (Fsp3) is 0.136. The van der Waals surface area contributed by atoms with Crippen LogP contribution in [0.15, 0.2) is 54.6 Å². The summed E-state index contributed by atoms with van der Waals surface area (Å²) >= 11 is 0.964. The predicted octanol–water partition coefficient (Wildman–Crippen LogP) is 4.25. The molecule has 0 aliphatic carbocycles. The molecule has 0 saturated heterocycles. The maximum atomic E-state index is 12.7. The maximum Gasteiger partial charge on any atom is 0.341 e. The Morgan fingerprint density at radius 1 is 1.00 bits per heavy atom. The summed E-state index contributed by atoms with van der Waals surface area (Å²) in [5.41, 5.74) is 8.39. The molecular formula is C22H20N2O4S. The number of amides is 2. The van der Waals surface area contributed by atoms with Crippen LogP contribution in [0, 0.1) is 6.92 Å². The van der Waals surface area contributed by atoms with Crippen LogP contribution in [0.4, 0.5) is 5.00 Å². The molecule has 2 aromatic carbocycles. The van der Waals surface area contributed by atoms with Crippen LogP contribution in [0.25, 0.3) is 11.1 Å². The minimum atomic E-state index is -0.661. The molecule has 0 unspecified atom stereocenters. The van der Waals surface area contributed by atoms with E-state index in [-0.39, 0.29) is 22.0 Å². The highest BCUT2D eigenvalue weighted by atomic mass is 32.1. The summed E-state index contributed by atoms with van der Waals surface area (Å²) in [4.78, 5) is 36.9. The molecule has 0 bridgehead atoms. The van der Waals surface area contributed by atoms with Crippen LogP contribution in [-0.4, -0.2) is 24.4 Å². The third-order valence-electron chi connectivity index (χ3n) is 4.33. The normalized spacial score (nSPS) is 10.4. The summed E-state index contributed by atoms with van der Waals surface area (Å²) in [6, 6.07) is 16.9. The monoisotopic (exact) mass is 408 g/mol. The van der Waals surface area contributed by atoms with Gasteiger partial charge < -0.3 is 15.8 Å². The average Bonchev–Trinajstić information content (AvgIpc) is 3.05. The van der Waals surface area contributed by atoms with Crippen molar-refractivity contribution >= 4 is 34.1 Å². The number of hydrogen-bond donors (Lipinski definition) is 2. The minimum Gasteiger partial charge on any atom is -0.462 e. The molecule has 3 rings (SSSR count). The summed E-state index contributed by atoms with van der Waals surface area (Å²) in [7, 11) is 0. The maximum absolute atomic E-state index is 12.7. The smallest absolute Gasteiger partial charge is 0.341 e. The third-order valence-corrected chi connectivity index (χ3v) is 5.55. The van der Waals surface area contributed by atoms with Gasteiger partial charge in [0.25, 0.3) is 11.8 Å². The van der Waals surface area contributed by atoms with Crippen LogP contribution in [0.2, 0.25) is 0 Å². The number of anilines is 1.